The third-order valence-corrected chi connectivity index (χ3v) is 4.82. The van der Waals surface area contributed by atoms with Gasteiger partial charge in [-0.3, -0.25) is 4.79 Å². The van der Waals surface area contributed by atoms with E-state index in [0.29, 0.717) is 12.6 Å². The number of nitrogens with one attached hydrogen (secondary N) is 1. The fourth-order valence-electron chi connectivity index (χ4n) is 2.20. The van der Waals surface area contributed by atoms with Crippen LogP contribution in [0.3, 0.4) is 0 Å². The van der Waals surface area contributed by atoms with E-state index < -0.39 is 5.41 Å². The van der Waals surface area contributed by atoms with Crippen LogP contribution in [0.4, 0.5) is 0 Å². The molecule has 1 aromatic carbocycles. The molecule has 0 bridgehead atoms. The number of hydrogen-bond acceptors (Lipinski definition) is 3. The second-order valence-electron chi connectivity index (χ2n) is 5.71. The number of thioether (sulfide) groups is 1. The number of carbonyl (C=O) groups excluding carboxylic acids is 1. The third-order valence-electron chi connectivity index (χ3n) is 3.65. The summed E-state index contributed by atoms with van der Waals surface area (Å²) in [5, 5.41) is 3.53. The van der Waals surface area contributed by atoms with Gasteiger partial charge in [0.15, 0.2) is 0 Å². The van der Waals surface area contributed by atoms with Crippen LogP contribution in [-0.4, -0.2) is 18.2 Å². The molecule has 1 atom stereocenters. The number of benzene rings is 1. The molecule has 2 rings (SSSR count). The molecule has 0 saturated heterocycles. The highest BCUT2D eigenvalue weighted by molar-refractivity contribution is 7.99. The van der Waals surface area contributed by atoms with Gasteiger partial charge in [0, 0.05) is 17.5 Å². The summed E-state index contributed by atoms with van der Waals surface area (Å²) in [5.41, 5.74) is 6.27. The van der Waals surface area contributed by atoms with E-state index in [-0.39, 0.29) is 5.91 Å². The number of nitrogens with two attached hydrogens (primary N) is 1. The molecule has 1 unspecified atom stereocenters. The van der Waals surface area contributed by atoms with Gasteiger partial charge >= 0.3 is 0 Å². The Hall–Kier alpha value is -1.00. The van der Waals surface area contributed by atoms with E-state index in [4.69, 9.17) is 5.73 Å². The third kappa shape index (κ3) is 3.51. The van der Waals surface area contributed by atoms with Gasteiger partial charge in [0.2, 0.25) is 5.91 Å². The molecule has 0 radical (unpaired) electrons. The van der Waals surface area contributed by atoms with Crippen LogP contribution in [0.25, 0.3) is 0 Å². The Morgan fingerprint density at radius 2 is 2.21 bits per heavy atom. The largest absolute Gasteiger partial charge is 0.369 e. The molecule has 1 aliphatic rings. The van der Waals surface area contributed by atoms with Crippen LogP contribution in [-0.2, 0) is 4.79 Å². The topological polar surface area (TPSA) is 55.1 Å². The van der Waals surface area contributed by atoms with Crippen molar-refractivity contribution in [2.75, 3.05) is 12.3 Å². The molecule has 3 N–H and O–H groups in total. The minimum atomic E-state index is -0.506. The van der Waals surface area contributed by atoms with Crippen molar-refractivity contribution in [3.8, 4) is 0 Å². The van der Waals surface area contributed by atoms with E-state index in [1.54, 1.807) is 0 Å². The summed E-state index contributed by atoms with van der Waals surface area (Å²) in [7, 11) is 0. The second-order valence-corrected chi connectivity index (χ2v) is 6.85. The lowest BCUT2D eigenvalue weighted by atomic mass is 9.91. The lowest BCUT2D eigenvalue weighted by Crippen LogP contribution is -2.41. The number of hydrogen-bond donors (Lipinski definition) is 2. The molecule has 19 heavy (non-hydrogen) atoms. The molecular formula is C15H22N2OS. The number of carbonyl (C=O) groups is 1. The number of rotatable bonds is 4. The second kappa shape index (κ2) is 5.97. The van der Waals surface area contributed by atoms with Crippen molar-refractivity contribution in [3.05, 3.63) is 29.8 Å². The van der Waals surface area contributed by atoms with Gasteiger partial charge in [-0.15, -0.1) is 11.8 Å². The minimum Gasteiger partial charge on any atom is -0.369 e. The van der Waals surface area contributed by atoms with Crippen LogP contribution in [0.15, 0.2) is 29.2 Å². The number of primary amides is 1. The van der Waals surface area contributed by atoms with Crippen molar-refractivity contribution >= 4 is 17.7 Å². The molecule has 0 aromatic heterocycles. The predicted octanol–water partition coefficient (Wildman–Crippen LogP) is 2.71. The van der Waals surface area contributed by atoms with Crippen molar-refractivity contribution in [1.29, 1.82) is 0 Å². The van der Waals surface area contributed by atoms with Gasteiger partial charge in [0.05, 0.1) is 5.41 Å². The summed E-state index contributed by atoms with van der Waals surface area (Å²) in [6, 6.07) is 8.85. The SMILES string of the molecule is CC(C)(CNC1CCCSc2ccccc21)C(N)=O. The van der Waals surface area contributed by atoms with Gasteiger partial charge in [0.25, 0.3) is 0 Å². The Labute approximate surface area is 119 Å². The first-order valence-corrected chi connectivity index (χ1v) is 7.74. The Morgan fingerprint density at radius 1 is 1.47 bits per heavy atom. The molecule has 4 heteroatoms. The van der Waals surface area contributed by atoms with Crippen molar-refractivity contribution in [2.24, 2.45) is 11.1 Å². The van der Waals surface area contributed by atoms with E-state index in [1.807, 2.05) is 25.6 Å². The van der Waals surface area contributed by atoms with Crippen LogP contribution in [0.1, 0.15) is 38.3 Å². The molecule has 1 aromatic rings. The first kappa shape index (κ1) is 14.4. The van der Waals surface area contributed by atoms with Gasteiger partial charge < -0.3 is 11.1 Å². The lowest BCUT2D eigenvalue weighted by Gasteiger charge is -2.26. The summed E-state index contributed by atoms with van der Waals surface area (Å²) in [4.78, 5) is 12.7. The normalized spacial score (nSPS) is 19.6. The van der Waals surface area contributed by atoms with Crippen molar-refractivity contribution in [2.45, 2.75) is 37.6 Å². The minimum absolute atomic E-state index is 0.253. The van der Waals surface area contributed by atoms with Crippen LogP contribution in [0.5, 0.6) is 0 Å². The summed E-state index contributed by atoms with van der Waals surface area (Å²) >= 11 is 1.92. The van der Waals surface area contributed by atoms with Crippen molar-refractivity contribution in [1.82, 2.24) is 5.32 Å². The van der Waals surface area contributed by atoms with E-state index >= 15 is 0 Å². The average molecular weight is 278 g/mol. The van der Waals surface area contributed by atoms with Crippen molar-refractivity contribution < 1.29 is 4.79 Å². The first-order chi connectivity index (χ1) is 9.00. The Morgan fingerprint density at radius 3 is 2.95 bits per heavy atom. The molecule has 1 aliphatic heterocycles. The zero-order chi connectivity index (χ0) is 13.9. The maximum atomic E-state index is 11.4. The summed E-state index contributed by atoms with van der Waals surface area (Å²) in [6.07, 6.45) is 2.30. The molecule has 0 fully saturated rings. The standard InChI is InChI=1S/C15H22N2OS/c1-15(2,14(16)18)10-17-12-7-5-9-19-13-8-4-3-6-11(12)13/h3-4,6,8,12,17H,5,7,9-10H2,1-2H3,(H2,16,18). The molecule has 0 spiro atoms. The molecular weight excluding hydrogens is 256 g/mol. The zero-order valence-corrected chi connectivity index (χ0v) is 12.4. The Balaban J connectivity index is 2.10. The van der Waals surface area contributed by atoms with Gasteiger partial charge in [-0.1, -0.05) is 18.2 Å². The Bertz CT molecular complexity index is 459. The van der Waals surface area contributed by atoms with E-state index in [9.17, 15) is 4.79 Å². The van der Waals surface area contributed by atoms with Crippen molar-refractivity contribution in [3.63, 3.8) is 0 Å². The highest BCUT2D eigenvalue weighted by atomic mass is 32.2. The highest BCUT2D eigenvalue weighted by Crippen LogP contribution is 2.34. The van der Waals surface area contributed by atoms with Crippen LogP contribution in [0.2, 0.25) is 0 Å². The highest BCUT2D eigenvalue weighted by Gasteiger charge is 2.27. The Kier molecular flexibility index (Phi) is 4.53. The van der Waals surface area contributed by atoms with Crippen LogP contribution >= 0.6 is 11.8 Å². The van der Waals surface area contributed by atoms with Crippen LogP contribution in [0, 0.1) is 5.41 Å². The molecule has 0 saturated carbocycles. The van der Waals surface area contributed by atoms with E-state index in [1.165, 1.54) is 16.9 Å². The quantitative estimate of drug-likeness (QED) is 0.890. The molecule has 104 valence electrons. The van der Waals surface area contributed by atoms with E-state index in [0.717, 1.165) is 12.2 Å². The van der Waals surface area contributed by atoms with Gasteiger partial charge in [-0.25, -0.2) is 0 Å². The van der Waals surface area contributed by atoms with E-state index in [2.05, 4.69) is 29.6 Å². The monoisotopic (exact) mass is 278 g/mol. The smallest absolute Gasteiger partial charge is 0.224 e. The molecule has 1 heterocycles. The van der Waals surface area contributed by atoms with Gasteiger partial charge in [-0.05, 0) is 44.1 Å². The molecule has 1 amide bonds. The summed E-state index contributed by atoms with van der Waals surface area (Å²) in [6.45, 7) is 4.39. The lowest BCUT2D eigenvalue weighted by molar-refractivity contribution is -0.125. The maximum Gasteiger partial charge on any atom is 0.224 e. The van der Waals surface area contributed by atoms with Gasteiger partial charge in [-0.2, -0.15) is 0 Å². The maximum absolute atomic E-state index is 11.4. The number of amides is 1. The average Bonchev–Trinajstić information content (AvgIpc) is 2.58. The zero-order valence-electron chi connectivity index (χ0n) is 11.6. The molecule has 0 aliphatic carbocycles. The first-order valence-electron chi connectivity index (χ1n) is 6.76. The fraction of sp³-hybridized carbons (Fsp3) is 0.533. The predicted molar refractivity (Wildman–Crippen MR) is 80.1 cm³/mol. The summed E-state index contributed by atoms with van der Waals surface area (Å²) in [5.74, 6) is 0.908. The van der Waals surface area contributed by atoms with Gasteiger partial charge in [0.1, 0.15) is 0 Å². The van der Waals surface area contributed by atoms with Crippen LogP contribution < -0.4 is 11.1 Å². The summed E-state index contributed by atoms with van der Waals surface area (Å²) < 4.78 is 0. The number of fused-ring (bicyclic) bond motifs is 1. The molecule has 3 nitrogen and oxygen atoms in total. The fourth-order valence-corrected chi connectivity index (χ4v) is 3.29.